The Kier molecular flexibility index (Phi) is 16.1. The highest BCUT2D eigenvalue weighted by Gasteiger charge is 2.65. The van der Waals surface area contributed by atoms with Crippen molar-refractivity contribution in [3.05, 3.63) is 89.2 Å². The fourth-order valence-corrected chi connectivity index (χ4v) is 8.90. The highest BCUT2D eigenvalue weighted by atomic mass is 19.3. The lowest BCUT2D eigenvalue weighted by Crippen LogP contribution is -2.45. The van der Waals surface area contributed by atoms with Gasteiger partial charge >= 0.3 is 23.9 Å². The Bertz CT molecular complexity index is 2420. The normalized spacial score (nSPS) is 19.5. The number of alkyl halides is 4. The van der Waals surface area contributed by atoms with Crippen LogP contribution in [0.3, 0.4) is 0 Å². The molecule has 0 spiro atoms. The first-order valence-electron chi connectivity index (χ1n) is 23.0. The number of rotatable bonds is 17. The number of nitrogens with one attached hydrogen (secondary N) is 4. The van der Waals surface area contributed by atoms with Crippen LogP contribution in [-0.4, -0.2) is 99.1 Å². The predicted molar refractivity (Wildman–Crippen MR) is 247 cm³/mol. The monoisotopic (exact) mass is 947 g/mol. The molecule has 2 aliphatic carbocycles. The fourth-order valence-electron chi connectivity index (χ4n) is 8.90. The molecule has 2 aliphatic rings. The summed E-state index contributed by atoms with van der Waals surface area (Å²) >= 11 is 0. The van der Waals surface area contributed by atoms with Crippen molar-refractivity contribution in [1.82, 2.24) is 30.7 Å². The molecule has 366 valence electrons. The van der Waals surface area contributed by atoms with Crippen molar-refractivity contribution in [3.8, 4) is 22.5 Å². The number of ketones is 1. The molecule has 0 radical (unpaired) electrons. The number of Topliss-reactive ketones (excluding diaryl/α,β-unsaturated/α-hetero) is 1. The number of aliphatic carboxylic acids is 1. The van der Waals surface area contributed by atoms with Gasteiger partial charge in [-0.05, 0) is 164 Å². The van der Waals surface area contributed by atoms with Crippen molar-refractivity contribution in [2.45, 2.75) is 121 Å². The molecule has 2 fully saturated rings. The van der Waals surface area contributed by atoms with E-state index in [0.717, 1.165) is 47.9 Å². The van der Waals surface area contributed by atoms with Gasteiger partial charge in [-0.15, -0.1) is 0 Å². The number of H-pyrrole nitrogens is 1. The van der Waals surface area contributed by atoms with E-state index in [1.54, 1.807) is 25.9 Å². The summed E-state index contributed by atoms with van der Waals surface area (Å²) in [5.74, 6) is -17.2. The van der Waals surface area contributed by atoms with Gasteiger partial charge in [-0.1, -0.05) is 30.3 Å². The van der Waals surface area contributed by atoms with Crippen LogP contribution >= 0.6 is 0 Å². The molecule has 68 heavy (non-hydrogen) atoms. The summed E-state index contributed by atoms with van der Waals surface area (Å²) in [4.78, 5) is 69.9. The second-order valence-electron chi connectivity index (χ2n) is 19.4. The Morgan fingerprint density at radius 2 is 1.49 bits per heavy atom. The lowest BCUT2D eigenvalue weighted by atomic mass is 9.77. The average Bonchev–Trinajstić information content (AvgIpc) is 3.80. The van der Waals surface area contributed by atoms with Gasteiger partial charge in [0.05, 0.1) is 0 Å². The standard InChI is InChI=1S/C50H61F4N7O7/c1-29-25-35(43(63)56-38-20-22-39(23-21-38)61(5)6)17-24-40(29)32-11-7-30(8-12-32)26-36(27-41(62)33-13-9-31(10-14-33)28-55-47(67)68-48(2,3)4)44(64)57-37-18-15-34(16-19-37)42-58-45(60-59-42)49(51,52)50(53,54)46(65)66/h7-8,11-12,15-19,24-25,31,33,36,38-39H,9-10,13-14,20-23,26-28H2,1-6H3,(H,55,67)(H,56,63)(H,57,64)(H,65,66)(H,58,59,60). The highest BCUT2D eigenvalue weighted by molar-refractivity contribution is 5.97. The van der Waals surface area contributed by atoms with Crippen molar-refractivity contribution < 1.29 is 51.4 Å². The van der Waals surface area contributed by atoms with Crippen molar-refractivity contribution in [2.75, 3.05) is 26.0 Å². The second-order valence-corrected chi connectivity index (χ2v) is 19.4. The molecule has 0 saturated heterocycles. The number of aromatic nitrogens is 3. The molecule has 4 aromatic rings. The van der Waals surface area contributed by atoms with E-state index in [9.17, 15) is 41.5 Å². The fraction of sp³-hybridized carbons (Fsp3) is 0.500. The first kappa shape index (κ1) is 51.2. The number of hydrogen-bond acceptors (Lipinski definition) is 9. The van der Waals surface area contributed by atoms with Gasteiger partial charge in [-0.25, -0.2) is 14.6 Å². The number of benzene rings is 3. The third-order valence-corrected chi connectivity index (χ3v) is 12.9. The third-order valence-electron chi connectivity index (χ3n) is 12.9. The van der Waals surface area contributed by atoms with Gasteiger partial charge in [-0.3, -0.25) is 19.5 Å². The molecule has 18 heteroatoms. The molecule has 0 bridgehead atoms. The van der Waals surface area contributed by atoms with E-state index in [0.29, 0.717) is 43.8 Å². The zero-order chi connectivity index (χ0) is 49.6. The van der Waals surface area contributed by atoms with Crippen LogP contribution in [0.5, 0.6) is 0 Å². The lowest BCUT2D eigenvalue weighted by Gasteiger charge is -2.33. The van der Waals surface area contributed by atoms with E-state index < -0.39 is 53.0 Å². The number of halogens is 4. The molecule has 14 nitrogen and oxygen atoms in total. The summed E-state index contributed by atoms with van der Waals surface area (Å²) in [6.07, 6.45) is 6.26. The van der Waals surface area contributed by atoms with Crippen LogP contribution < -0.4 is 16.0 Å². The Morgan fingerprint density at radius 1 is 0.853 bits per heavy atom. The van der Waals surface area contributed by atoms with Crippen molar-refractivity contribution >= 4 is 35.3 Å². The minimum Gasteiger partial charge on any atom is -0.477 e. The Labute approximate surface area is 393 Å². The van der Waals surface area contributed by atoms with Gasteiger partial charge in [0.15, 0.2) is 5.82 Å². The number of carbonyl (C=O) groups is 5. The van der Waals surface area contributed by atoms with Crippen LogP contribution in [0.25, 0.3) is 22.5 Å². The molecule has 2 saturated carbocycles. The number of carbonyl (C=O) groups excluding carboxylic acids is 4. The number of alkyl carbamates (subject to hydrolysis) is 1. The zero-order valence-electron chi connectivity index (χ0n) is 39.3. The molecule has 1 aromatic heterocycles. The zero-order valence-corrected chi connectivity index (χ0v) is 39.3. The van der Waals surface area contributed by atoms with E-state index in [4.69, 9.17) is 9.84 Å². The van der Waals surface area contributed by atoms with E-state index >= 15 is 0 Å². The largest absolute Gasteiger partial charge is 0.477 e. The molecule has 3 amide bonds. The highest BCUT2D eigenvalue weighted by Crippen LogP contribution is 2.42. The van der Waals surface area contributed by atoms with Crippen LogP contribution in [-0.2, 0) is 31.5 Å². The minimum atomic E-state index is -5.45. The predicted octanol–water partition coefficient (Wildman–Crippen LogP) is 8.95. The summed E-state index contributed by atoms with van der Waals surface area (Å²) in [6.45, 7) is 7.75. The topological polar surface area (TPSA) is 196 Å². The maximum atomic E-state index is 14.4. The first-order chi connectivity index (χ1) is 32.0. The third kappa shape index (κ3) is 12.9. The first-order valence-corrected chi connectivity index (χ1v) is 23.0. The number of anilines is 1. The second kappa shape index (κ2) is 21.4. The van der Waals surface area contributed by atoms with Crippen LogP contribution in [0.1, 0.15) is 106 Å². The van der Waals surface area contributed by atoms with Crippen LogP contribution in [0, 0.1) is 24.7 Å². The molecule has 0 aliphatic heterocycles. The molecular formula is C50H61F4N7O7. The maximum Gasteiger partial charge on any atom is 0.411 e. The number of aryl methyl sites for hydroxylation is 1. The smallest absolute Gasteiger partial charge is 0.411 e. The van der Waals surface area contributed by atoms with Crippen molar-refractivity contribution in [1.29, 1.82) is 0 Å². The van der Waals surface area contributed by atoms with Crippen molar-refractivity contribution in [3.63, 3.8) is 0 Å². The molecule has 5 N–H and O–H groups in total. The van der Waals surface area contributed by atoms with E-state index in [1.807, 2.05) is 49.4 Å². The van der Waals surface area contributed by atoms with Gasteiger partial charge in [0.2, 0.25) is 11.7 Å². The molecule has 1 unspecified atom stereocenters. The SMILES string of the molecule is Cc1cc(C(=O)NC2CCC(N(C)C)CC2)ccc1-c1ccc(CC(CC(=O)C2CCC(CNC(=O)OC(C)(C)C)CC2)C(=O)Nc2ccc(-c3n[nH]c(C(F)(F)C(F)(F)C(=O)O)n3)cc2)cc1. The Hall–Kier alpha value is -6.17. The van der Waals surface area contributed by atoms with Crippen molar-refractivity contribution in [2.24, 2.45) is 17.8 Å². The number of hydrogen-bond donors (Lipinski definition) is 5. The number of nitrogens with zero attached hydrogens (tertiary/aromatic N) is 3. The van der Waals surface area contributed by atoms with Crippen LogP contribution in [0.15, 0.2) is 66.7 Å². The lowest BCUT2D eigenvalue weighted by molar-refractivity contribution is -0.231. The summed E-state index contributed by atoms with van der Waals surface area (Å²) in [5, 5.41) is 22.8. The molecule has 1 atom stereocenters. The number of carboxylic acids is 1. The van der Waals surface area contributed by atoms with E-state index in [2.05, 4.69) is 45.0 Å². The van der Waals surface area contributed by atoms with Crippen LogP contribution in [0.2, 0.25) is 0 Å². The Balaban J connectivity index is 1.13. The molecule has 1 heterocycles. The summed E-state index contributed by atoms with van der Waals surface area (Å²) < 4.78 is 61.6. The van der Waals surface area contributed by atoms with Gasteiger partial charge < -0.3 is 30.7 Å². The number of carboxylic acid groups (broad SMARTS) is 1. The number of aromatic amines is 1. The van der Waals surface area contributed by atoms with Gasteiger partial charge in [0.1, 0.15) is 11.4 Å². The minimum absolute atomic E-state index is 0.0496. The maximum absolute atomic E-state index is 14.4. The van der Waals surface area contributed by atoms with E-state index in [1.165, 1.54) is 24.3 Å². The van der Waals surface area contributed by atoms with Gasteiger partial charge in [0, 0.05) is 53.7 Å². The van der Waals surface area contributed by atoms with Gasteiger partial charge in [0.25, 0.3) is 5.91 Å². The number of amides is 3. The molecular weight excluding hydrogens is 887 g/mol. The van der Waals surface area contributed by atoms with E-state index in [-0.39, 0.29) is 53.7 Å². The molecule has 3 aromatic carbocycles. The summed E-state index contributed by atoms with van der Waals surface area (Å²) in [5.41, 5.74) is 3.94. The Morgan fingerprint density at radius 3 is 2.07 bits per heavy atom. The molecule has 6 rings (SSSR count). The summed E-state index contributed by atoms with van der Waals surface area (Å²) in [6, 6.07) is 19.6. The average molecular weight is 948 g/mol. The summed E-state index contributed by atoms with van der Waals surface area (Å²) in [7, 11) is 4.17. The number of ether oxygens (including phenoxy) is 1. The van der Waals surface area contributed by atoms with Gasteiger partial charge in [-0.2, -0.15) is 22.7 Å². The quantitative estimate of drug-likeness (QED) is 0.0638. The van der Waals surface area contributed by atoms with Crippen LogP contribution in [0.4, 0.5) is 28.0 Å².